The molecule has 0 radical (unpaired) electrons. The van der Waals surface area contributed by atoms with Crippen LogP contribution in [-0.4, -0.2) is 30.2 Å². The van der Waals surface area contributed by atoms with Gasteiger partial charge in [-0.3, -0.25) is 4.79 Å². The topological polar surface area (TPSA) is 48.0 Å². The van der Waals surface area contributed by atoms with Crippen LogP contribution in [0.3, 0.4) is 0 Å². The highest BCUT2D eigenvalue weighted by Crippen LogP contribution is 2.34. The number of ether oxygens (including phenoxy) is 3. The van der Waals surface area contributed by atoms with Crippen LogP contribution in [0.1, 0.15) is 31.2 Å². The minimum Gasteiger partial charge on any atom is -0.482 e. The number of fused-ring (bicyclic) bond motifs is 1. The maximum atomic E-state index is 13.0. The number of hydrogen-bond acceptors (Lipinski definition) is 4. The van der Waals surface area contributed by atoms with Gasteiger partial charge in [0.1, 0.15) is 5.75 Å². The van der Waals surface area contributed by atoms with Crippen LogP contribution in [-0.2, 0) is 11.3 Å². The Morgan fingerprint density at radius 3 is 2.70 bits per heavy atom. The van der Waals surface area contributed by atoms with E-state index in [4.69, 9.17) is 25.8 Å². The monoisotopic (exact) mass is 387 g/mol. The molecule has 2 aliphatic rings. The molecular weight excluding hydrogens is 366 g/mol. The van der Waals surface area contributed by atoms with Gasteiger partial charge in [-0.1, -0.05) is 42.6 Å². The number of benzene rings is 2. The highest BCUT2D eigenvalue weighted by molar-refractivity contribution is 6.32. The van der Waals surface area contributed by atoms with Crippen molar-refractivity contribution in [1.29, 1.82) is 0 Å². The van der Waals surface area contributed by atoms with Crippen molar-refractivity contribution < 1.29 is 19.0 Å². The predicted molar refractivity (Wildman–Crippen MR) is 102 cm³/mol. The Balaban J connectivity index is 1.47. The third-order valence-corrected chi connectivity index (χ3v) is 5.38. The second kappa shape index (κ2) is 8.09. The molecule has 1 aliphatic heterocycles. The molecule has 142 valence electrons. The number of rotatable bonds is 6. The fourth-order valence-corrected chi connectivity index (χ4v) is 3.85. The zero-order valence-electron chi connectivity index (χ0n) is 15.0. The summed E-state index contributed by atoms with van der Waals surface area (Å²) in [6.45, 7) is 0.756. The van der Waals surface area contributed by atoms with Gasteiger partial charge in [0.2, 0.25) is 6.79 Å². The van der Waals surface area contributed by atoms with Crippen molar-refractivity contribution in [2.24, 2.45) is 0 Å². The molecule has 1 aliphatic carbocycles. The predicted octanol–water partition coefficient (Wildman–Crippen LogP) is 4.42. The van der Waals surface area contributed by atoms with Crippen molar-refractivity contribution >= 4 is 17.5 Å². The van der Waals surface area contributed by atoms with E-state index < -0.39 is 0 Å². The van der Waals surface area contributed by atoms with E-state index in [9.17, 15) is 4.79 Å². The van der Waals surface area contributed by atoms with Crippen molar-refractivity contribution in [3.05, 3.63) is 53.1 Å². The maximum absolute atomic E-state index is 13.0. The SMILES string of the molecule is O=C(COc1ccccc1Cl)N(Cc1ccc2c(c1)OCO2)C1CCCC1. The van der Waals surface area contributed by atoms with Crippen molar-refractivity contribution in [3.63, 3.8) is 0 Å². The van der Waals surface area contributed by atoms with Gasteiger partial charge in [0, 0.05) is 12.6 Å². The number of para-hydroxylation sites is 1. The molecule has 1 amide bonds. The summed E-state index contributed by atoms with van der Waals surface area (Å²) in [4.78, 5) is 14.9. The molecule has 1 saturated carbocycles. The molecule has 0 spiro atoms. The quantitative estimate of drug-likeness (QED) is 0.736. The van der Waals surface area contributed by atoms with Gasteiger partial charge in [0.05, 0.1) is 5.02 Å². The van der Waals surface area contributed by atoms with Gasteiger partial charge in [-0.25, -0.2) is 0 Å². The first-order valence-electron chi connectivity index (χ1n) is 9.26. The molecule has 4 rings (SSSR count). The summed E-state index contributed by atoms with van der Waals surface area (Å²) in [5, 5.41) is 0.508. The molecule has 5 nitrogen and oxygen atoms in total. The number of halogens is 1. The Bertz CT molecular complexity index is 820. The smallest absolute Gasteiger partial charge is 0.261 e. The van der Waals surface area contributed by atoms with Gasteiger partial charge >= 0.3 is 0 Å². The molecule has 0 aromatic heterocycles. The summed E-state index contributed by atoms with van der Waals surface area (Å²) in [7, 11) is 0. The highest BCUT2D eigenvalue weighted by Gasteiger charge is 2.27. The Labute approximate surface area is 163 Å². The van der Waals surface area contributed by atoms with Gasteiger partial charge in [0.25, 0.3) is 5.91 Å². The molecule has 0 N–H and O–H groups in total. The second-order valence-electron chi connectivity index (χ2n) is 6.87. The van der Waals surface area contributed by atoms with Crippen LogP contribution in [0, 0.1) is 0 Å². The average Bonchev–Trinajstić information content (AvgIpc) is 3.36. The zero-order chi connectivity index (χ0) is 18.6. The molecule has 0 saturated heterocycles. The maximum Gasteiger partial charge on any atom is 0.261 e. The molecule has 2 aromatic rings. The van der Waals surface area contributed by atoms with Gasteiger partial charge in [-0.15, -0.1) is 0 Å². The van der Waals surface area contributed by atoms with Crippen LogP contribution < -0.4 is 14.2 Å². The summed E-state index contributed by atoms with van der Waals surface area (Å²) in [5.41, 5.74) is 1.03. The van der Waals surface area contributed by atoms with Gasteiger partial charge in [-0.2, -0.15) is 0 Å². The molecular formula is C21H22ClNO4. The summed E-state index contributed by atoms with van der Waals surface area (Å²) >= 11 is 6.12. The van der Waals surface area contributed by atoms with Crippen LogP contribution in [0.25, 0.3) is 0 Å². The molecule has 0 atom stereocenters. The standard InChI is InChI=1S/C21H22ClNO4/c22-17-7-3-4-8-18(17)25-13-21(24)23(16-5-1-2-6-16)12-15-9-10-19-20(11-15)27-14-26-19/h3-4,7-11,16H,1-2,5-6,12-14H2. The van der Waals surface area contributed by atoms with E-state index in [-0.39, 0.29) is 25.3 Å². The Morgan fingerprint density at radius 1 is 1.11 bits per heavy atom. The van der Waals surface area contributed by atoms with Crippen LogP contribution in [0.2, 0.25) is 5.02 Å². The van der Waals surface area contributed by atoms with Crippen molar-refractivity contribution in [1.82, 2.24) is 4.90 Å². The number of nitrogens with zero attached hydrogens (tertiary/aromatic N) is 1. The molecule has 0 bridgehead atoms. The van der Waals surface area contributed by atoms with Crippen molar-refractivity contribution in [2.45, 2.75) is 38.3 Å². The fourth-order valence-electron chi connectivity index (χ4n) is 3.66. The van der Waals surface area contributed by atoms with Gasteiger partial charge < -0.3 is 19.1 Å². The normalized spacial score (nSPS) is 15.7. The van der Waals surface area contributed by atoms with Crippen LogP contribution in [0.5, 0.6) is 17.2 Å². The number of carbonyl (C=O) groups is 1. The average molecular weight is 388 g/mol. The zero-order valence-corrected chi connectivity index (χ0v) is 15.8. The Kier molecular flexibility index (Phi) is 5.39. The molecule has 2 aromatic carbocycles. The first-order valence-corrected chi connectivity index (χ1v) is 9.64. The largest absolute Gasteiger partial charge is 0.482 e. The molecule has 1 heterocycles. The molecule has 6 heteroatoms. The van der Waals surface area contributed by atoms with E-state index in [0.717, 1.165) is 42.7 Å². The first kappa shape index (κ1) is 18.0. The number of amides is 1. The number of hydrogen-bond donors (Lipinski definition) is 0. The van der Waals surface area contributed by atoms with E-state index in [1.165, 1.54) is 0 Å². The molecule has 27 heavy (non-hydrogen) atoms. The molecule has 1 fully saturated rings. The molecule has 0 unspecified atom stereocenters. The summed E-state index contributed by atoms with van der Waals surface area (Å²) < 4.78 is 16.5. The van der Waals surface area contributed by atoms with E-state index in [2.05, 4.69) is 0 Å². The third-order valence-electron chi connectivity index (χ3n) is 5.06. The lowest BCUT2D eigenvalue weighted by atomic mass is 10.1. The highest BCUT2D eigenvalue weighted by atomic mass is 35.5. The minimum absolute atomic E-state index is 0.0230. The number of carbonyl (C=O) groups excluding carboxylic acids is 1. The van der Waals surface area contributed by atoms with Crippen LogP contribution in [0.15, 0.2) is 42.5 Å². The lowest BCUT2D eigenvalue weighted by Gasteiger charge is -2.29. The first-order chi connectivity index (χ1) is 13.2. The Morgan fingerprint density at radius 2 is 1.89 bits per heavy atom. The summed E-state index contributed by atoms with van der Waals surface area (Å²) in [6.07, 6.45) is 4.37. The van der Waals surface area contributed by atoms with Crippen LogP contribution in [0.4, 0.5) is 0 Å². The van der Waals surface area contributed by atoms with Crippen molar-refractivity contribution in [3.8, 4) is 17.2 Å². The van der Waals surface area contributed by atoms with Crippen LogP contribution >= 0.6 is 11.6 Å². The van der Waals surface area contributed by atoms with Gasteiger partial charge in [0.15, 0.2) is 18.1 Å². The fraction of sp³-hybridized carbons (Fsp3) is 0.381. The lowest BCUT2D eigenvalue weighted by molar-refractivity contribution is -0.136. The van der Waals surface area contributed by atoms with Crippen molar-refractivity contribution in [2.75, 3.05) is 13.4 Å². The summed E-state index contributed by atoms with van der Waals surface area (Å²) in [5.74, 6) is 1.99. The third kappa shape index (κ3) is 4.14. The van der Waals surface area contributed by atoms with Gasteiger partial charge in [-0.05, 0) is 42.7 Å². The Hall–Kier alpha value is -2.40. The second-order valence-corrected chi connectivity index (χ2v) is 7.27. The van der Waals surface area contributed by atoms with E-state index in [1.807, 2.05) is 35.2 Å². The van der Waals surface area contributed by atoms with E-state index in [1.54, 1.807) is 12.1 Å². The van der Waals surface area contributed by atoms with E-state index >= 15 is 0 Å². The minimum atomic E-state index is -0.0283. The summed E-state index contributed by atoms with van der Waals surface area (Å²) in [6, 6.07) is 13.3. The van der Waals surface area contributed by atoms with E-state index in [0.29, 0.717) is 17.3 Å². The lowest BCUT2D eigenvalue weighted by Crippen LogP contribution is -2.41.